The Bertz CT molecular complexity index is 584. The molecule has 3 rings (SSSR count). The summed E-state index contributed by atoms with van der Waals surface area (Å²) in [4.78, 5) is 26.9. The highest BCUT2D eigenvalue weighted by atomic mass is 16.2. The molecule has 1 unspecified atom stereocenters. The Labute approximate surface area is 156 Å². The summed E-state index contributed by atoms with van der Waals surface area (Å²) in [5, 5.41) is 6.34. The number of nitrogens with zero attached hydrogens (tertiary/aromatic N) is 1. The normalized spacial score (nSPS) is 21.6. The fourth-order valence-corrected chi connectivity index (χ4v) is 4.01. The molecule has 1 aliphatic carbocycles. The van der Waals surface area contributed by atoms with E-state index in [9.17, 15) is 9.59 Å². The minimum Gasteiger partial charge on any atom is -0.353 e. The first-order valence-corrected chi connectivity index (χ1v) is 10.1. The van der Waals surface area contributed by atoms with Crippen LogP contribution in [0.15, 0.2) is 30.3 Å². The van der Waals surface area contributed by atoms with Gasteiger partial charge in [0.2, 0.25) is 11.8 Å². The number of rotatable bonds is 7. The maximum Gasteiger partial charge on any atom is 0.240 e. The van der Waals surface area contributed by atoms with Crippen LogP contribution in [0.3, 0.4) is 0 Å². The number of hydrogen-bond donors (Lipinski definition) is 2. The van der Waals surface area contributed by atoms with Gasteiger partial charge in [-0.2, -0.15) is 0 Å². The van der Waals surface area contributed by atoms with E-state index in [4.69, 9.17) is 0 Å². The molecule has 5 heteroatoms. The molecular weight excluding hydrogens is 326 g/mol. The minimum atomic E-state index is -0.371. The number of amides is 2. The lowest BCUT2D eigenvalue weighted by Gasteiger charge is -2.33. The second-order valence-corrected chi connectivity index (χ2v) is 7.53. The van der Waals surface area contributed by atoms with E-state index in [2.05, 4.69) is 22.8 Å². The molecule has 0 radical (unpaired) electrons. The zero-order valence-corrected chi connectivity index (χ0v) is 15.6. The molecule has 2 aliphatic rings. The Morgan fingerprint density at radius 1 is 1.15 bits per heavy atom. The van der Waals surface area contributed by atoms with E-state index in [1.54, 1.807) is 0 Å². The van der Waals surface area contributed by atoms with Crippen LogP contribution < -0.4 is 10.6 Å². The van der Waals surface area contributed by atoms with Crippen LogP contribution in [0.4, 0.5) is 0 Å². The maximum absolute atomic E-state index is 12.7. The molecule has 2 fully saturated rings. The highest BCUT2D eigenvalue weighted by Gasteiger charge is 2.30. The van der Waals surface area contributed by atoms with Gasteiger partial charge in [0.05, 0.1) is 12.5 Å². The molecular formula is C21H31N3O2. The van der Waals surface area contributed by atoms with Gasteiger partial charge >= 0.3 is 0 Å². The van der Waals surface area contributed by atoms with E-state index in [1.165, 1.54) is 24.8 Å². The molecule has 0 spiro atoms. The predicted octanol–water partition coefficient (Wildman–Crippen LogP) is 2.26. The Balaban J connectivity index is 1.42. The van der Waals surface area contributed by atoms with Crippen molar-refractivity contribution in [3.63, 3.8) is 0 Å². The van der Waals surface area contributed by atoms with Crippen molar-refractivity contribution >= 4 is 11.8 Å². The fraction of sp³-hybridized carbons (Fsp3) is 0.619. The first-order chi connectivity index (χ1) is 12.7. The Kier molecular flexibility index (Phi) is 7.06. The fourth-order valence-electron chi connectivity index (χ4n) is 4.01. The van der Waals surface area contributed by atoms with Crippen LogP contribution in [-0.4, -0.2) is 48.4 Å². The molecule has 2 amide bonds. The summed E-state index contributed by atoms with van der Waals surface area (Å²) in [5.74, 6) is 0.0805. The zero-order valence-electron chi connectivity index (χ0n) is 15.6. The molecule has 1 heterocycles. The van der Waals surface area contributed by atoms with E-state index < -0.39 is 0 Å². The molecule has 1 atom stereocenters. The van der Waals surface area contributed by atoms with E-state index >= 15 is 0 Å². The Morgan fingerprint density at radius 3 is 2.69 bits per heavy atom. The lowest BCUT2D eigenvalue weighted by Crippen LogP contribution is -2.56. The number of nitrogens with one attached hydrogen (secondary N) is 2. The number of benzene rings is 1. The third-order valence-electron chi connectivity index (χ3n) is 5.48. The van der Waals surface area contributed by atoms with Gasteiger partial charge in [-0.25, -0.2) is 0 Å². The molecule has 5 nitrogen and oxygen atoms in total. The van der Waals surface area contributed by atoms with Gasteiger partial charge in [0.1, 0.15) is 0 Å². The summed E-state index contributed by atoms with van der Waals surface area (Å²) in [5.41, 5.74) is 1.30. The van der Waals surface area contributed by atoms with Gasteiger partial charge < -0.3 is 15.5 Å². The molecule has 0 bridgehead atoms. The van der Waals surface area contributed by atoms with Gasteiger partial charge in [-0.3, -0.25) is 9.59 Å². The van der Waals surface area contributed by atoms with Crippen LogP contribution in [-0.2, 0) is 16.0 Å². The number of aryl methyl sites for hydroxylation is 1. The summed E-state index contributed by atoms with van der Waals surface area (Å²) < 4.78 is 0. The van der Waals surface area contributed by atoms with Crippen molar-refractivity contribution in [1.29, 1.82) is 0 Å². The number of carbonyl (C=O) groups excluding carboxylic acids is 2. The molecule has 1 aromatic carbocycles. The molecule has 26 heavy (non-hydrogen) atoms. The molecule has 1 aliphatic heterocycles. The molecule has 1 saturated heterocycles. The second-order valence-electron chi connectivity index (χ2n) is 7.53. The quantitative estimate of drug-likeness (QED) is 0.787. The van der Waals surface area contributed by atoms with Gasteiger partial charge in [0.25, 0.3) is 0 Å². The average molecular weight is 357 g/mol. The van der Waals surface area contributed by atoms with Crippen molar-refractivity contribution in [2.75, 3.05) is 19.6 Å². The van der Waals surface area contributed by atoms with Crippen molar-refractivity contribution in [3.8, 4) is 0 Å². The molecule has 1 aromatic rings. The second kappa shape index (κ2) is 9.72. The van der Waals surface area contributed by atoms with Crippen LogP contribution >= 0.6 is 0 Å². The van der Waals surface area contributed by atoms with Crippen LogP contribution in [0.25, 0.3) is 0 Å². The lowest BCUT2D eigenvalue weighted by molar-refractivity contribution is -0.138. The van der Waals surface area contributed by atoms with E-state index in [1.807, 2.05) is 23.1 Å². The average Bonchev–Trinajstić information content (AvgIpc) is 2.66. The van der Waals surface area contributed by atoms with Gasteiger partial charge in [0.15, 0.2) is 0 Å². The van der Waals surface area contributed by atoms with Crippen LogP contribution in [0.5, 0.6) is 0 Å². The third-order valence-corrected chi connectivity index (χ3v) is 5.48. The topological polar surface area (TPSA) is 61.4 Å². The maximum atomic E-state index is 12.7. The van der Waals surface area contributed by atoms with Crippen molar-refractivity contribution in [2.45, 2.75) is 63.5 Å². The minimum absolute atomic E-state index is 0.00823. The van der Waals surface area contributed by atoms with Crippen LogP contribution in [0.2, 0.25) is 0 Å². The Hall–Kier alpha value is -1.88. The van der Waals surface area contributed by atoms with Crippen molar-refractivity contribution in [3.05, 3.63) is 35.9 Å². The molecule has 142 valence electrons. The summed E-state index contributed by atoms with van der Waals surface area (Å²) in [6, 6.07) is 10.3. The molecule has 0 aromatic heterocycles. The highest BCUT2D eigenvalue weighted by Crippen LogP contribution is 2.17. The van der Waals surface area contributed by atoms with Crippen LogP contribution in [0, 0.1) is 0 Å². The van der Waals surface area contributed by atoms with E-state index in [0.717, 1.165) is 45.3 Å². The lowest BCUT2D eigenvalue weighted by atomic mass is 9.95. The summed E-state index contributed by atoms with van der Waals surface area (Å²) in [7, 11) is 0. The largest absolute Gasteiger partial charge is 0.353 e. The van der Waals surface area contributed by atoms with Gasteiger partial charge in [-0.1, -0.05) is 49.6 Å². The SMILES string of the molecule is O=C(CC1NCCN(CCCc2ccccc2)C1=O)NC1CCCCC1. The van der Waals surface area contributed by atoms with Crippen molar-refractivity contribution in [2.24, 2.45) is 0 Å². The first kappa shape index (κ1) is 18.9. The van der Waals surface area contributed by atoms with E-state index in [0.29, 0.717) is 6.04 Å². The third kappa shape index (κ3) is 5.56. The number of hydrogen-bond acceptors (Lipinski definition) is 3. The van der Waals surface area contributed by atoms with Gasteiger partial charge in [-0.15, -0.1) is 0 Å². The van der Waals surface area contributed by atoms with Crippen molar-refractivity contribution < 1.29 is 9.59 Å². The monoisotopic (exact) mass is 357 g/mol. The molecule has 1 saturated carbocycles. The summed E-state index contributed by atoms with van der Waals surface area (Å²) >= 11 is 0. The first-order valence-electron chi connectivity index (χ1n) is 10.1. The number of piperazine rings is 1. The van der Waals surface area contributed by atoms with Crippen molar-refractivity contribution in [1.82, 2.24) is 15.5 Å². The zero-order chi connectivity index (χ0) is 18.2. The summed E-state index contributed by atoms with van der Waals surface area (Å²) in [6.07, 6.45) is 7.99. The molecule has 2 N–H and O–H groups in total. The van der Waals surface area contributed by atoms with Gasteiger partial charge in [0, 0.05) is 25.7 Å². The standard InChI is InChI=1S/C21H31N3O2/c25-20(23-18-11-5-2-6-12-18)16-19-21(26)24(15-13-22-19)14-7-10-17-8-3-1-4-9-17/h1,3-4,8-9,18-19,22H,2,5-7,10-16H2,(H,23,25). The van der Waals surface area contributed by atoms with Crippen LogP contribution in [0.1, 0.15) is 50.5 Å². The predicted molar refractivity (Wildman–Crippen MR) is 103 cm³/mol. The number of carbonyl (C=O) groups is 2. The Morgan fingerprint density at radius 2 is 1.92 bits per heavy atom. The van der Waals surface area contributed by atoms with E-state index in [-0.39, 0.29) is 24.3 Å². The smallest absolute Gasteiger partial charge is 0.240 e. The summed E-state index contributed by atoms with van der Waals surface area (Å²) in [6.45, 7) is 2.25. The highest BCUT2D eigenvalue weighted by molar-refractivity contribution is 5.89. The van der Waals surface area contributed by atoms with Gasteiger partial charge in [-0.05, 0) is 31.2 Å².